The van der Waals surface area contributed by atoms with Gasteiger partial charge in [0, 0.05) is 12.4 Å². The number of nitrogens with one attached hydrogen (secondary N) is 1. The molecule has 2 rings (SSSR count). The van der Waals surface area contributed by atoms with Crippen molar-refractivity contribution in [2.75, 3.05) is 5.32 Å². The van der Waals surface area contributed by atoms with Crippen LogP contribution in [0.25, 0.3) is 0 Å². The van der Waals surface area contributed by atoms with E-state index in [4.69, 9.17) is 0 Å². The van der Waals surface area contributed by atoms with Crippen molar-refractivity contribution in [1.29, 1.82) is 0 Å². The number of aromatic nitrogens is 2. The first-order valence-corrected chi connectivity index (χ1v) is 4.18. The number of rotatable bonds is 2. The minimum Gasteiger partial charge on any atom is -0.506 e. The summed E-state index contributed by atoms with van der Waals surface area (Å²) in [6.07, 6.45) is 3.27. The van der Waals surface area contributed by atoms with E-state index in [9.17, 15) is 5.11 Å². The molecule has 4 nitrogen and oxygen atoms in total. The Hall–Kier alpha value is -2.10. The first-order chi connectivity index (χ1) is 6.86. The number of para-hydroxylation sites is 2. The Morgan fingerprint density at radius 1 is 1.00 bits per heavy atom. The van der Waals surface area contributed by atoms with Crippen molar-refractivity contribution in [3.05, 3.63) is 42.7 Å². The first kappa shape index (κ1) is 8.50. The van der Waals surface area contributed by atoms with Crippen molar-refractivity contribution < 1.29 is 5.11 Å². The average Bonchev–Trinajstić information content (AvgIpc) is 2.23. The summed E-state index contributed by atoms with van der Waals surface area (Å²) in [5, 5.41) is 12.4. The molecule has 2 N–H and O–H groups in total. The Morgan fingerprint density at radius 2 is 1.71 bits per heavy atom. The van der Waals surface area contributed by atoms with Crippen molar-refractivity contribution in [3.8, 4) is 5.75 Å². The fraction of sp³-hybridized carbons (Fsp3) is 0. The summed E-state index contributed by atoms with van der Waals surface area (Å²) < 4.78 is 0. The Balaban J connectivity index is 2.24. The number of nitrogens with zero attached hydrogens (tertiary/aromatic N) is 2. The Bertz CT molecular complexity index is 417. The van der Waals surface area contributed by atoms with E-state index in [-0.39, 0.29) is 5.75 Å². The molecule has 0 saturated heterocycles. The summed E-state index contributed by atoms with van der Waals surface area (Å²) in [4.78, 5) is 7.96. The summed E-state index contributed by atoms with van der Waals surface area (Å²) in [6.45, 7) is 0. The number of hydrogen-bond acceptors (Lipinski definition) is 4. The predicted octanol–water partition coefficient (Wildman–Crippen LogP) is 1.93. The summed E-state index contributed by atoms with van der Waals surface area (Å²) in [5.41, 5.74) is 0.596. The topological polar surface area (TPSA) is 58.0 Å². The van der Waals surface area contributed by atoms with Crippen molar-refractivity contribution in [3.63, 3.8) is 0 Å². The van der Waals surface area contributed by atoms with Crippen LogP contribution in [0.3, 0.4) is 0 Å². The van der Waals surface area contributed by atoms with Crippen molar-refractivity contribution >= 4 is 11.6 Å². The number of phenols is 1. The highest BCUT2D eigenvalue weighted by atomic mass is 16.3. The molecule has 0 radical (unpaired) electrons. The lowest BCUT2D eigenvalue weighted by Gasteiger charge is -2.05. The van der Waals surface area contributed by atoms with Crippen LogP contribution < -0.4 is 5.32 Å². The Morgan fingerprint density at radius 3 is 2.43 bits per heavy atom. The molecule has 0 saturated carbocycles. The average molecular weight is 187 g/mol. The zero-order valence-electron chi connectivity index (χ0n) is 7.38. The Kier molecular flexibility index (Phi) is 2.27. The van der Waals surface area contributed by atoms with Crippen molar-refractivity contribution in [2.24, 2.45) is 0 Å². The molecule has 0 spiro atoms. The van der Waals surface area contributed by atoms with Gasteiger partial charge in [-0.25, -0.2) is 9.97 Å². The minimum absolute atomic E-state index is 0.181. The van der Waals surface area contributed by atoms with E-state index in [0.29, 0.717) is 11.6 Å². The lowest BCUT2D eigenvalue weighted by Crippen LogP contribution is -1.95. The number of benzene rings is 1. The van der Waals surface area contributed by atoms with Gasteiger partial charge in [0.1, 0.15) is 5.75 Å². The van der Waals surface area contributed by atoms with E-state index in [0.717, 1.165) is 0 Å². The minimum atomic E-state index is 0.181. The zero-order chi connectivity index (χ0) is 9.80. The molecule has 0 unspecified atom stereocenters. The van der Waals surface area contributed by atoms with Gasteiger partial charge in [-0.2, -0.15) is 0 Å². The first-order valence-electron chi connectivity index (χ1n) is 4.18. The van der Waals surface area contributed by atoms with Gasteiger partial charge < -0.3 is 10.4 Å². The maximum absolute atomic E-state index is 9.45. The van der Waals surface area contributed by atoms with E-state index < -0.39 is 0 Å². The number of phenolic OH excluding ortho intramolecular Hbond substituents is 1. The summed E-state index contributed by atoms with van der Waals surface area (Å²) in [5.74, 6) is 0.647. The largest absolute Gasteiger partial charge is 0.506 e. The molecule has 0 bridgehead atoms. The maximum atomic E-state index is 9.45. The number of aromatic hydroxyl groups is 1. The molecular weight excluding hydrogens is 178 g/mol. The highest BCUT2D eigenvalue weighted by Crippen LogP contribution is 2.23. The molecule has 1 heterocycles. The van der Waals surface area contributed by atoms with Crippen LogP contribution in [0.1, 0.15) is 0 Å². The maximum Gasteiger partial charge on any atom is 0.227 e. The fourth-order valence-corrected chi connectivity index (χ4v) is 1.06. The van der Waals surface area contributed by atoms with Crippen LogP contribution in [0.5, 0.6) is 5.75 Å². The molecule has 0 atom stereocenters. The highest BCUT2D eigenvalue weighted by Gasteiger charge is 1.99. The Labute approximate surface area is 81.3 Å². The third kappa shape index (κ3) is 1.80. The molecule has 1 aromatic carbocycles. The zero-order valence-corrected chi connectivity index (χ0v) is 7.38. The van der Waals surface area contributed by atoms with Crippen LogP contribution in [0.4, 0.5) is 11.6 Å². The van der Waals surface area contributed by atoms with Crippen LogP contribution in [0.2, 0.25) is 0 Å². The lowest BCUT2D eigenvalue weighted by atomic mass is 10.3. The van der Waals surface area contributed by atoms with Gasteiger partial charge in [0.2, 0.25) is 5.95 Å². The molecule has 0 aliphatic rings. The summed E-state index contributed by atoms with van der Waals surface area (Å²) in [6, 6.07) is 8.67. The quantitative estimate of drug-likeness (QED) is 0.705. The molecule has 0 aliphatic carbocycles. The van der Waals surface area contributed by atoms with E-state index in [1.54, 1.807) is 36.7 Å². The van der Waals surface area contributed by atoms with E-state index in [1.807, 2.05) is 6.07 Å². The molecule has 1 aromatic heterocycles. The van der Waals surface area contributed by atoms with E-state index >= 15 is 0 Å². The third-order valence-corrected chi connectivity index (χ3v) is 1.72. The van der Waals surface area contributed by atoms with Gasteiger partial charge in [-0.05, 0) is 18.2 Å². The molecular formula is C10H9N3O. The SMILES string of the molecule is Oc1ccccc1Nc1ncccn1. The van der Waals surface area contributed by atoms with Crippen LogP contribution in [0.15, 0.2) is 42.7 Å². The van der Waals surface area contributed by atoms with Gasteiger partial charge in [0.15, 0.2) is 0 Å². The molecule has 2 aromatic rings. The fourth-order valence-electron chi connectivity index (χ4n) is 1.06. The summed E-state index contributed by atoms with van der Waals surface area (Å²) in [7, 11) is 0. The van der Waals surface area contributed by atoms with Crippen LogP contribution in [-0.4, -0.2) is 15.1 Å². The second kappa shape index (κ2) is 3.74. The standard InChI is InChI=1S/C10H9N3O/c14-9-5-2-1-4-8(9)13-10-11-6-3-7-12-10/h1-7,14H,(H,11,12,13). The second-order valence-corrected chi connectivity index (χ2v) is 2.71. The number of hydrogen-bond donors (Lipinski definition) is 2. The molecule has 0 fully saturated rings. The van der Waals surface area contributed by atoms with Gasteiger partial charge in [-0.1, -0.05) is 12.1 Å². The van der Waals surface area contributed by atoms with E-state index in [1.165, 1.54) is 0 Å². The smallest absolute Gasteiger partial charge is 0.227 e. The summed E-state index contributed by atoms with van der Waals surface area (Å²) >= 11 is 0. The highest BCUT2D eigenvalue weighted by molar-refractivity contribution is 5.61. The van der Waals surface area contributed by atoms with Gasteiger partial charge in [-0.3, -0.25) is 0 Å². The molecule has 0 aliphatic heterocycles. The van der Waals surface area contributed by atoms with Crippen LogP contribution in [-0.2, 0) is 0 Å². The number of anilines is 2. The van der Waals surface area contributed by atoms with Crippen LogP contribution in [0, 0.1) is 0 Å². The van der Waals surface area contributed by atoms with Gasteiger partial charge in [-0.15, -0.1) is 0 Å². The molecule has 70 valence electrons. The third-order valence-electron chi connectivity index (χ3n) is 1.72. The van der Waals surface area contributed by atoms with Gasteiger partial charge >= 0.3 is 0 Å². The van der Waals surface area contributed by atoms with Gasteiger partial charge in [0.25, 0.3) is 0 Å². The normalized spacial score (nSPS) is 9.71. The van der Waals surface area contributed by atoms with Crippen molar-refractivity contribution in [1.82, 2.24) is 9.97 Å². The predicted molar refractivity (Wildman–Crippen MR) is 53.4 cm³/mol. The van der Waals surface area contributed by atoms with E-state index in [2.05, 4.69) is 15.3 Å². The van der Waals surface area contributed by atoms with Crippen molar-refractivity contribution in [2.45, 2.75) is 0 Å². The second-order valence-electron chi connectivity index (χ2n) is 2.71. The molecule has 14 heavy (non-hydrogen) atoms. The monoisotopic (exact) mass is 187 g/mol. The van der Waals surface area contributed by atoms with Gasteiger partial charge in [0.05, 0.1) is 5.69 Å². The molecule has 0 amide bonds. The van der Waals surface area contributed by atoms with Crippen LogP contribution >= 0.6 is 0 Å². The lowest BCUT2D eigenvalue weighted by molar-refractivity contribution is 0.477. The molecule has 4 heteroatoms.